The van der Waals surface area contributed by atoms with Crippen molar-refractivity contribution in [3.63, 3.8) is 0 Å². The Balaban J connectivity index is 2.87. The summed E-state index contributed by atoms with van der Waals surface area (Å²) in [7, 11) is 1.64. The highest BCUT2D eigenvalue weighted by Crippen LogP contribution is 2.19. The molecule has 0 aliphatic carbocycles. The average molecular weight is 180 g/mol. The van der Waals surface area contributed by atoms with E-state index in [1.165, 1.54) is 0 Å². The van der Waals surface area contributed by atoms with Gasteiger partial charge in [0.15, 0.2) is 0 Å². The maximum absolute atomic E-state index is 5.71. The summed E-state index contributed by atoms with van der Waals surface area (Å²) in [5, 5.41) is 0. The molecule has 0 saturated carbocycles. The Morgan fingerprint density at radius 3 is 2.46 bits per heavy atom. The van der Waals surface area contributed by atoms with Gasteiger partial charge in [0, 0.05) is 6.42 Å². The van der Waals surface area contributed by atoms with Crippen LogP contribution >= 0.6 is 0 Å². The molecule has 3 nitrogen and oxygen atoms in total. The summed E-state index contributed by atoms with van der Waals surface area (Å²) in [4.78, 5) is 0. The topological polar surface area (TPSA) is 61.3 Å². The molecule has 0 saturated heterocycles. The van der Waals surface area contributed by atoms with Crippen LogP contribution in [0.5, 0.6) is 5.75 Å². The minimum absolute atomic E-state index is 0.608. The van der Waals surface area contributed by atoms with Crippen LogP contribution in [0.3, 0.4) is 0 Å². The van der Waals surface area contributed by atoms with Gasteiger partial charge in [0.2, 0.25) is 0 Å². The zero-order valence-corrected chi connectivity index (χ0v) is 8.08. The van der Waals surface area contributed by atoms with E-state index in [0.29, 0.717) is 6.42 Å². The second-order valence-corrected chi connectivity index (χ2v) is 3.49. The van der Waals surface area contributed by atoms with Gasteiger partial charge < -0.3 is 16.2 Å². The Morgan fingerprint density at radius 1 is 1.31 bits per heavy atom. The molecule has 3 heteroatoms. The molecule has 0 unspecified atom stereocenters. The molecule has 72 valence electrons. The Morgan fingerprint density at radius 2 is 1.92 bits per heavy atom. The zero-order chi connectivity index (χ0) is 9.90. The van der Waals surface area contributed by atoms with Crippen molar-refractivity contribution in [3.05, 3.63) is 29.8 Å². The van der Waals surface area contributed by atoms with E-state index in [1.54, 1.807) is 14.0 Å². The molecule has 4 N–H and O–H groups in total. The van der Waals surface area contributed by atoms with Crippen molar-refractivity contribution < 1.29 is 4.74 Å². The highest BCUT2D eigenvalue weighted by molar-refractivity contribution is 5.34. The van der Waals surface area contributed by atoms with Crippen LogP contribution in [0, 0.1) is 0 Å². The fraction of sp³-hybridized carbons (Fsp3) is 0.400. The lowest BCUT2D eigenvalue weighted by Gasteiger charge is -2.19. The number of nitrogens with two attached hydrogens (primary N) is 2. The van der Waals surface area contributed by atoms with E-state index in [4.69, 9.17) is 16.2 Å². The van der Waals surface area contributed by atoms with Crippen molar-refractivity contribution in [1.29, 1.82) is 0 Å². The van der Waals surface area contributed by atoms with Gasteiger partial charge in [-0.05, 0) is 18.6 Å². The predicted molar refractivity (Wildman–Crippen MR) is 53.5 cm³/mol. The SMILES string of the molecule is COc1ccccc1CC(C)(N)N. The molecule has 0 amide bonds. The Labute approximate surface area is 78.7 Å². The van der Waals surface area contributed by atoms with Crippen molar-refractivity contribution in [3.8, 4) is 5.75 Å². The predicted octanol–water partition coefficient (Wildman–Crippen LogP) is 0.871. The van der Waals surface area contributed by atoms with Crippen LogP contribution in [0.15, 0.2) is 24.3 Å². The van der Waals surface area contributed by atoms with E-state index in [1.807, 2.05) is 24.3 Å². The lowest BCUT2D eigenvalue weighted by atomic mass is 10.0. The quantitative estimate of drug-likeness (QED) is 0.678. The van der Waals surface area contributed by atoms with E-state index in [9.17, 15) is 0 Å². The third-order valence-electron chi connectivity index (χ3n) is 1.76. The van der Waals surface area contributed by atoms with Crippen LogP contribution in [0.2, 0.25) is 0 Å². The minimum atomic E-state index is -0.686. The summed E-state index contributed by atoms with van der Waals surface area (Å²) in [6.07, 6.45) is 0.608. The van der Waals surface area contributed by atoms with Crippen LogP contribution in [0.25, 0.3) is 0 Å². The molecule has 0 spiro atoms. The molecule has 1 aromatic carbocycles. The first-order valence-corrected chi connectivity index (χ1v) is 4.22. The van der Waals surface area contributed by atoms with Gasteiger partial charge in [0.25, 0.3) is 0 Å². The Kier molecular flexibility index (Phi) is 2.90. The van der Waals surface area contributed by atoms with Crippen molar-refractivity contribution >= 4 is 0 Å². The number of hydrogen-bond acceptors (Lipinski definition) is 3. The maximum atomic E-state index is 5.71. The molecule has 1 rings (SSSR count). The Bertz CT molecular complexity index is 278. The van der Waals surface area contributed by atoms with Gasteiger partial charge in [0.1, 0.15) is 5.75 Å². The summed E-state index contributed by atoms with van der Waals surface area (Å²) in [5.74, 6) is 0.838. The van der Waals surface area contributed by atoms with E-state index >= 15 is 0 Å². The molecule has 0 aliphatic heterocycles. The third kappa shape index (κ3) is 3.05. The molecule has 0 atom stereocenters. The van der Waals surface area contributed by atoms with Gasteiger partial charge in [-0.25, -0.2) is 0 Å². The molecule has 0 heterocycles. The first-order valence-electron chi connectivity index (χ1n) is 4.22. The molecular formula is C10H16N2O. The summed E-state index contributed by atoms with van der Waals surface area (Å²) in [6.45, 7) is 1.79. The lowest BCUT2D eigenvalue weighted by Crippen LogP contribution is -2.48. The first-order chi connectivity index (χ1) is 6.03. The third-order valence-corrected chi connectivity index (χ3v) is 1.76. The van der Waals surface area contributed by atoms with Crippen LogP contribution in [-0.2, 0) is 6.42 Å². The van der Waals surface area contributed by atoms with E-state index in [-0.39, 0.29) is 0 Å². The highest BCUT2D eigenvalue weighted by Gasteiger charge is 2.14. The minimum Gasteiger partial charge on any atom is -0.496 e. The number of para-hydroxylation sites is 1. The summed E-state index contributed by atoms with van der Waals surface area (Å²) in [5.41, 5.74) is 11.8. The maximum Gasteiger partial charge on any atom is 0.122 e. The summed E-state index contributed by atoms with van der Waals surface area (Å²) < 4.78 is 5.18. The number of methoxy groups -OCH3 is 1. The second-order valence-electron chi connectivity index (χ2n) is 3.49. The number of hydrogen-bond donors (Lipinski definition) is 2. The number of benzene rings is 1. The molecule has 1 aromatic rings. The van der Waals surface area contributed by atoms with Crippen LogP contribution in [-0.4, -0.2) is 12.8 Å². The van der Waals surface area contributed by atoms with E-state index in [2.05, 4.69) is 0 Å². The van der Waals surface area contributed by atoms with Gasteiger partial charge in [-0.3, -0.25) is 0 Å². The van der Waals surface area contributed by atoms with Crippen molar-refractivity contribution in [1.82, 2.24) is 0 Å². The van der Waals surface area contributed by atoms with E-state index < -0.39 is 5.66 Å². The lowest BCUT2D eigenvalue weighted by molar-refractivity contribution is 0.400. The van der Waals surface area contributed by atoms with Gasteiger partial charge in [-0.15, -0.1) is 0 Å². The average Bonchev–Trinajstić information content (AvgIpc) is 2.02. The summed E-state index contributed by atoms with van der Waals surface area (Å²) >= 11 is 0. The zero-order valence-electron chi connectivity index (χ0n) is 8.08. The van der Waals surface area contributed by atoms with Crippen molar-refractivity contribution in [2.75, 3.05) is 7.11 Å². The molecule has 13 heavy (non-hydrogen) atoms. The van der Waals surface area contributed by atoms with Crippen LogP contribution in [0.1, 0.15) is 12.5 Å². The smallest absolute Gasteiger partial charge is 0.122 e. The molecular weight excluding hydrogens is 164 g/mol. The number of rotatable bonds is 3. The second kappa shape index (κ2) is 3.77. The van der Waals surface area contributed by atoms with Crippen LogP contribution < -0.4 is 16.2 Å². The fourth-order valence-corrected chi connectivity index (χ4v) is 1.26. The molecule has 0 radical (unpaired) electrons. The monoisotopic (exact) mass is 180 g/mol. The molecule has 0 fully saturated rings. The van der Waals surface area contributed by atoms with Crippen LogP contribution in [0.4, 0.5) is 0 Å². The number of ether oxygens (including phenoxy) is 1. The summed E-state index contributed by atoms with van der Waals surface area (Å²) in [6, 6.07) is 7.74. The highest BCUT2D eigenvalue weighted by atomic mass is 16.5. The normalized spacial score (nSPS) is 11.4. The van der Waals surface area contributed by atoms with E-state index in [0.717, 1.165) is 11.3 Å². The standard InChI is InChI=1S/C10H16N2O/c1-10(11,12)7-8-5-3-4-6-9(8)13-2/h3-6H,7,11-12H2,1-2H3. The fourth-order valence-electron chi connectivity index (χ4n) is 1.26. The Hall–Kier alpha value is -1.06. The van der Waals surface area contributed by atoms with Crippen molar-refractivity contribution in [2.45, 2.75) is 19.0 Å². The first kappa shape index (κ1) is 10.0. The largest absolute Gasteiger partial charge is 0.496 e. The molecule has 0 aromatic heterocycles. The van der Waals surface area contributed by atoms with Gasteiger partial charge in [-0.2, -0.15) is 0 Å². The van der Waals surface area contributed by atoms with Crippen molar-refractivity contribution in [2.24, 2.45) is 11.5 Å². The van der Waals surface area contributed by atoms with Gasteiger partial charge in [-0.1, -0.05) is 18.2 Å². The van der Waals surface area contributed by atoms with Gasteiger partial charge in [0.05, 0.1) is 12.8 Å². The molecule has 0 aliphatic rings. The molecule has 0 bridgehead atoms. The van der Waals surface area contributed by atoms with Gasteiger partial charge >= 0.3 is 0 Å².